The molecule has 26 heavy (non-hydrogen) atoms. The van der Waals surface area contributed by atoms with Crippen LogP contribution in [0.15, 0.2) is 35.4 Å². The molecule has 1 aromatic heterocycles. The minimum Gasteiger partial charge on any atom is -0.383 e. The van der Waals surface area contributed by atoms with E-state index < -0.39 is 0 Å². The minimum absolute atomic E-state index is 0.0325. The normalized spacial score (nSPS) is 10.0. The first-order valence-electron chi connectivity index (χ1n) is 8.16. The van der Waals surface area contributed by atoms with Crippen LogP contribution in [0.3, 0.4) is 0 Å². The summed E-state index contributed by atoms with van der Waals surface area (Å²) in [5, 5.41) is 19.5. The molecule has 0 aliphatic carbocycles. The van der Waals surface area contributed by atoms with Crippen LogP contribution in [0.25, 0.3) is 11.1 Å². The maximum absolute atomic E-state index is 12.3. The van der Waals surface area contributed by atoms with Crippen molar-refractivity contribution in [2.45, 2.75) is 18.9 Å². The molecular formula is C19H19N5OS. The van der Waals surface area contributed by atoms with Crippen LogP contribution >= 0.6 is 11.8 Å². The number of carbonyl (C=O) groups excluding carboxylic acids is 1. The number of benzene rings is 1. The van der Waals surface area contributed by atoms with E-state index in [-0.39, 0.29) is 28.6 Å². The molecule has 1 aromatic carbocycles. The zero-order valence-corrected chi connectivity index (χ0v) is 15.5. The van der Waals surface area contributed by atoms with Gasteiger partial charge in [-0.25, -0.2) is 4.98 Å². The summed E-state index contributed by atoms with van der Waals surface area (Å²) < 4.78 is 0. The molecule has 0 bridgehead atoms. The molecule has 0 aliphatic heterocycles. The van der Waals surface area contributed by atoms with Gasteiger partial charge < -0.3 is 10.6 Å². The Bertz CT molecular complexity index is 880. The number of nitrogens with two attached hydrogens (primary N) is 1. The van der Waals surface area contributed by atoms with Gasteiger partial charge in [0.15, 0.2) is 0 Å². The molecule has 6 nitrogen and oxygen atoms in total. The molecule has 2 N–H and O–H groups in total. The predicted molar refractivity (Wildman–Crippen MR) is 102 cm³/mol. The second-order valence-electron chi connectivity index (χ2n) is 5.37. The van der Waals surface area contributed by atoms with Gasteiger partial charge in [-0.1, -0.05) is 42.1 Å². The lowest BCUT2D eigenvalue weighted by molar-refractivity contribution is -0.127. The Morgan fingerprint density at radius 3 is 2.31 bits per heavy atom. The van der Waals surface area contributed by atoms with Gasteiger partial charge in [-0.2, -0.15) is 10.5 Å². The number of pyridine rings is 1. The maximum Gasteiger partial charge on any atom is 0.232 e. The van der Waals surface area contributed by atoms with Crippen LogP contribution in [0.1, 0.15) is 25.0 Å². The van der Waals surface area contributed by atoms with E-state index in [4.69, 9.17) is 5.73 Å². The van der Waals surface area contributed by atoms with Crippen LogP contribution in [0.2, 0.25) is 0 Å². The number of rotatable bonds is 6. The van der Waals surface area contributed by atoms with Crippen LogP contribution in [-0.2, 0) is 4.79 Å². The van der Waals surface area contributed by atoms with E-state index in [1.165, 1.54) is 11.8 Å². The maximum atomic E-state index is 12.3. The highest BCUT2D eigenvalue weighted by atomic mass is 32.2. The number of carbonyl (C=O) groups is 1. The molecule has 0 saturated carbocycles. The number of thioether (sulfide) groups is 1. The predicted octanol–water partition coefficient (Wildman–Crippen LogP) is 3.03. The molecule has 0 fully saturated rings. The van der Waals surface area contributed by atoms with Crippen LogP contribution in [0.4, 0.5) is 5.82 Å². The van der Waals surface area contributed by atoms with Gasteiger partial charge in [0.25, 0.3) is 0 Å². The topological polar surface area (TPSA) is 107 Å². The van der Waals surface area contributed by atoms with Crippen molar-refractivity contribution in [3.05, 3.63) is 41.5 Å². The van der Waals surface area contributed by atoms with E-state index in [9.17, 15) is 15.3 Å². The summed E-state index contributed by atoms with van der Waals surface area (Å²) in [7, 11) is 0. The van der Waals surface area contributed by atoms with Crippen molar-refractivity contribution in [2.75, 3.05) is 24.6 Å². The summed E-state index contributed by atoms with van der Waals surface area (Å²) in [5.74, 6) is 0.182. The lowest BCUT2D eigenvalue weighted by Crippen LogP contribution is -2.31. The first kappa shape index (κ1) is 19.3. The molecule has 0 aliphatic rings. The Morgan fingerprint density at radius 2 is 1.77 bits per heavy atom. The molecule has 0 spiro atoms. The molecule has 132 valence electrons. The third-order valence-electron chi connectivity index (χ3n) is 3.93. The molecule has 0 unspecified atom stereocenters. The van der Waals surface area contributed by atoms with E-state index in [2.05, 4.69) is 11.1 Å². The average Bonchev–Trinajstić information content (AvgIpc) is 2.67. The fraction of sp³-hybridized carbons (Fsp3) is 0.263. The molecule has 0 radical (unpaired) electrons. The third kappa shape index (κ3) is 3.96. The lowest BCUT2D eigenvalue weighted by Gasteiger charge is -2.18. The number of nitrogen functional groups attached to an aromatic ring is 1. The standard InChI is InChI=1S/C19H19N5OS/c1-3-24(4-2)16(25)12-26-19-15(11-21)17(13-8-6-5-7-9-13)14(10-20)18(22)23-19/h5-9H,3-4,12H2,1-2H3,(H2,22,23). The van der Waals surface area contributed by atoms with Crippen LogP contribution in [0.5, 0.6) is 0 Å². The summed E-state index contributed by atoms with van der Waals surface area (Å²) in [6.07, 6.45) is 0. The van der Waals surface area contributed by atoms with E-state index in [0.29, 0.717) is 29.2 Å². The summed E-state index contributed by atoms with van der Waals surface area (Å²) in [6, 6.07) is 13.3. The Kier molecular flexibility index (Phi) is 6.60. The van der Waals surface area contributed by atoms with E-state index in [0.717, 1.165) is 0 Å². The highest BCUT2D eigenvalue weighted by molar-refractivity contribution is 8.00. The smallest absolute Gasteiger partial charge is 0.232 e. The lowest BCUT2D eigenvalue weighted by atomic mass is 9.97. The quantitative estimate of drug-likeness (QED) is 0.789. The molecule has 1 amide bonds. The number of aromatic nitrogens is 1. The van der Waals surface area contributed by atoms with Crippen molar-refractivity contribution in [2.24, 2.45) is 0 Å². The van der Waals surface area contributed by atoms with Crippen LogP contribution in [0, 0.1) is 22.7 Å². The van der Waals surface area contributed by atoms with Crippen LogP contribution < -0.4 is 5.73 Å². The molecule has 0 saturated heterocycles. The second-order valence-corrected chi connectivity index (χ2v) is 6.34. The van der Waals surface area contributed by atoms with Crippen molar-refractivity contribution in [1.29, 1.82) is 10.5 Å². The van der Waals surface area contributed by atoms with Gasteiger partial charge >= 0.3 is 0 Å². The number of nitrogens with zero attached hydrogens (tertiary/aromatic N) is 4. The second kappa shape index (κ2) is 8.89. The summed E-state index contributed by atoms with van der Waals surface area (Å²) >= 11 is 1.17. The SMILES string of the molecule is CCN(CC)C(=O)CSc1nc(N)c(C#N)c(-c2ccccc2)c1C#N. The molecular weight excluding hydrogens is 346 g/mol. The Morgan fingerprint density at radius 1 is 1.15 bits per heavy atom. The summed E-state index contributed by atoms with van der Waals surface area (Å²) in [6.45, 7) is 5.08. The zero-order chi connectivity index (χ0) is 19.1. The van der Waals surface area contributed by atoms with Gasteiger partial charge in [0, 0.05) is 18.7 Å². The number of hydrogen-bond acceptors (Lipinski definition) is 6. The molecule has 0 atom stereocenters. The Balaban J connectivity index is 2.49. The fourth-order valence-corrected chi connectivity index (χ4v) is 3.49. The van der Waals surface area contributed by atoms with Crippen molar-refractivity contribution >= 4 is 23.5 Å². The average molecular weight is 365 g/mol. The largest absolute Gasteiger partial charge is 0.383 e. The van der Waals surface area contributed by atoms with Gasteiger partial charge in [0.05, 0.1) is 11.3 Å². The van der Waals surface area contributed by atoms with Gasteiger partial charge in [0.2, 0.25) is 5.91 Å². The van der Waals surface area contributed by atoms with Crippen molar-refractivity contribution in [3.63, 3.8) is 0 Å². The van der Waals surface area contributed by atoms with Crippen molar-refractivity contribution < 1.29 is 4.79 Å². The number of anilines is 1. The highest BCUT2D eigenvalue weighted by Crippen LogP contribution is 2.35. The number of hydrogen-bond donors (Lipinski definition) is 1. The molecule has 2 rings (SSSR count). The van der Waals surface area contributed by atoms with Crippen molar-refractivity contribution in [3.8, 4) is 23.3 Å². The minimum atomic E-state index is -0.0325. The van der Waals surface area contributed by atoms with E-state index in [1.807, 2.05) is 50.2 Å². The van der Waals surface area contributed by atoms with E-state index >= 15 is 0 Å². The zero-order valence-electron chi connectivity index (χ0n) is 14.7. The number of amides is 1. The first-order valence-corrected chi connectivity index (χ1v) is 9.15. The summed E-state index contributed by atoms with van der Waals surface area (Å²) in [4.78, 5) is 18.2. The first-order chi connectivity index (χ1) is 12.6. The van der Waals surface area contributed by atoms with Gasteiger partial charge in [-0.3, -0.25) is 4.79 Å². The van der Waals surface area contributed by atoms with Crippen LogP contribution in [-0.4, -0.2) is 34.6 Å². The highest BCUT2D eigenvalue weighted by Gasteiger charge is 2.21. The fourth-order valence-electron chi connectivity index (χ4n) is 2.59. The van der Waals surface area contributed by atoms with Gasteiger partial charge in [-0.15, -0.1) is 0 Å². The third-order valence-corrected chi connectivity index (χ3v) is 4.89. The Labute approximate surface area is 157 Å². The van der Waals surface area contributed by atoms with Gasteiger partial charge in [-0.05, 0) is 19.4 Å². The van der Waals surface area contributed by atoms with E-state index in [1.54, 1.807) is 4.90 Å². The molecule has 7 heteroatoms. The Hall–Kier alpha value is -3.03. The number of nitriles is 2. The van der Waals surface area contributed by atoms with Gasteiger partial charge in [0.1, 0.15) is 28.5 Å². The summed E-state index contributed by atoms with van der Waals surface area (Å²) in [5.41, 5.74) is 7.57. The molecule has 1 heterocycles. The molecule has 2 aromatic rings. The monoisotopic (exact) mass is 365 g/mol. The van der Waals surface area contributed by atoms with Crippen molar-refractivity contribution in [1.82, 2.24) is 9.88 Å².